The zero-order valence-electron chi connectivity index (χ0n) is 16.5. The molecule has 0 radical (unpaired) electrons. The first-order valence-corrected chi connectivity index (χ1v) is 9.73. The number of anilines is 2. The number of benzene rings is 2. The molecule has 0 bridgehead atoms. The number of rotatable bonds is 6. The number of methoxy groups -OCH3 is 2. The molecule has 0 aromatic heterocycles. The fraction of sp³-hybridized carbons (Fsp3) is 0.381. The fourth-order valence-electron chi connectivity index (χ4n) is 3.29. The Hall–Kier alpha value is -2.44. The van der Waals surface area contributed by atoms with Crippen LogP contribution in [0.4, 0.5) is 11.4 Å². The van der Waals surface area contributed by atoms with Crippen LogP contribution in [0.1, 0.15) is 17.3 Å². The Morgan fingerprint density at radius 3 is 2.21 bits per heavy atom. The summed E-state index contributed by atoms with van der Waals surface area (Å²) >= 11 is 6.51. The quantitative estimate of drug-likeness (QED) is 0.796. The maximum absolute atomic E-state index is 12.6. The number of amides is 1. The molecule has 1 heterocycles. The highest BCUT2D eigenvalue weighted by atomic mass is 35.5. The summed E-state index contributed by atoms with van der Waals surface area (Å²) in [6.07, 6.45) is 0. The molecule has 0 aliphatic carbocycles. The van der Waals surface area contributed by atoms with Gasteiger partial charge in [-0.1, -0.05) is 18.5 Å². The summed E-state index contributed by atoms with van der Waals surface area (Å²) in [5, 5.41) is 3.52. The Bertz CT molecular complexity index is 813. The molecule has 7 heteroatoms. The van der Waals surface area contributed by atoms with Gasteiger partial charge in [0.15, 0.2) is 0 Å². The molecule has 28 heavy (non-hydrogen) atoms. The number of piperazine rings is 1. The monoisotopic (exact) mass is 403 g/mol. The highest BCUT2D eigenvalue weighted by Crippen LogP contribution is 2.30. The van der Waals surface area contributed by atoms with Crippen LogP contribution in [0.25, 0.3) is 0 Å². The van der Waals surface area contributed by atoms with E-state index in [0.29, 0.717) is 27.8 Å². The number of hydrogen-bond acceptors (Lipinski definition) is 5. The normalized spacial score (nSPS) is 14.6. The van der Waals surface area contributed by atoms with Gasteiger partial charge in [0, 0.05) is 43.5 Å². The molecule has 2 aromatic rings. The van der Waals surface area contributed by atoms with Crippen molar-refractivity contribution < 1.29 is 14.3 Å². The van der Waals surface area contributed by atoms with Crippen LogP contribution in [0.5, 0.6) is 11.5 Å². The van der Waals surface area contributed by atoms with E-state index in [4.69, 9.17) is 21.1 Å². The molecule has 0 unspecified atom stereocenters. The van der Waals surface area contributed by atoms with Gasteiger partial charge in [0.05, 0.1) is 24.9 Å². The Morgan fingerprint density at radius 2 is 1.68 bits per heavy atom. The average Bonchev–Trinajstić information content (AvgIpc) is 2.73. The summed E-state index contributed by atoms with van der Waals surface area (Å²) in [6.45, 7) is 7.21. The lowest BCUT2D eigenvalue weighted by Crippen LogP contribution is -2.46. The van der Waals surface area contributed by atoms with E-state index in [9.17, 15) is 4.79 Å². The van der Waals surface area contributed by atoms with Crippen LogP contribution in [0.15, 0.2) is 36.4 Å². The van der Waals surface area contributed by atoms with Crippen LogP contribution < -0.4 is 19.7 Å². The first-order valence-electron chi connectivity index (χ1n) is 9.35. The van der Waals surface area contributed by atoms with Gasteiger partial charge in [-0.2, -0.15) is 0 Å². The average molecular weight is 404 g/mol. The summed E-state index contributed by atoms with van der Waals surface area (Å²) in [5.74, 6) is 0.866. The second-order valence-electron chi connectivity index (χ2n) is 6.64. The second-order valence-corrected chi connectivity index (χ2v) is 7.05. The van der Waals surface area contributed by atoms with E-state index in [-0.39, 0.29) is 5.91 Å². The van der Waals surface area contributed by atoms with Gasteiger partial charge in [-0.05, 0) is 36.9 Å². The molecule has 150 valence electrons. The first kappa shape index (κ1) is 20.3. The van der Waals surface area contributed by atoms with Crippen molar-refractivity contribution in [2.24, 2.45) is 0 Å². The zero-order valence-corrected chi connectivity index (χ0v) is 17.3. The maximum atomic E-state index is 12.6. The smallest absolute Gasteiger partial charge is 0.255 e. The minimum atomic E-state index is -0.252. The van der Waals surface area contributed by atoms with Crippen molar-refractivity contribution >= 4 is 28.9 Å². The summed E-state index contributed by atoms with van der Waals surface area (Å²) in [6, 6.07) is 10.7. The third-order valence-electron chi connectivity index (χ3n) is 4.98. The van der Waals surface area contributed by atoms with Gasteiger partial charge in [-0.15, -0.1) is 0 Å². The lowest BCUT2D eigenvalue weighted by molar-refractivity contribution is 0.102. The van der Waals surface area contributed by atoms with Crippen LogP contribution in [0.3, 0.4) is 0 Å². The molecular formula is C21H26ClN3O3. The molecule has 1 fully saturated rings. The van der Waals surface area contributed by atoms with Crippen LogP contribution in [-0.4, -0.2) is 57.8 Å². The van der Waals surface area contributed by atoms with Crippen molar-refractivity contribution in [2.45, 2.75) is 6.92 Å². The van der Waals surface area contributed by atoms with Crippen LogP contribution >= 0.6 is 11.6 Å². The summed E-state index contributed by atoms with van der Waals surface area (Å²) < 4.78 is 10.5. The van der Waals surface area contributed by atoms with Gasteiger partial charge >= 0.3 is 0 Å². The summed E-state index contributed by atoms with van der Waals surface area (Å²) in [5.41, 5.74) is 2.10. The number of nitrogens with one attached hydrogen (secondary N) is 1. The molecule has 1 saturated heterocycles. The molecule has 1 aliphatic rings. The third kappa shape index (κ3) is 4.69. The van der Waals surface area contributed by atoms with E-state index >= 15 is 0 Å². The maximum Gasteiger partial charge on any atom is 0.255 e. The second kappa shape index (κ2) is 9.17. The van der Waals surface area contributed by atoms with Crippen molar-refractivity contribution in [3.8, 4) is 11.5 Å². The highest BCUT2D eigenvalue weighted by Gasteiger charge is 2.18. The Morgan fingerprint density at radius 1 is 1.04 bits per heavy atom. The number of nitrogens with zero attached hydrogens (tertiary/aromatic N) is 2. The van der Waals surface area contributed by atoms with Gasteiger partial charge in [-0.25, -0.2) is 0 Å². The molecule has 0 saturated carbocycles. The number of carbonyl (C=O) groups is 1. The van der Waals surface area contributed by atoms with E-state index in [2.05, 4.69) is 22.0 Å². The molecule has 1 aliphatic heterocycles. The molecule has 0 atom stereocenters. The Labute approximate surface area is 171 Å². The first-order chi connectivity index (χ1) is 13.5. The topological polar surface area (TPSA) is 54.0 Å². The van der Waals surface area contributed by atoms with Crippen molar-refractivity contribution in [3.05, 3.63) is 47.0 Å². The minimum absolute atomic E-state index is 0.252. The van der Waals surface area contributed by atoms with Crippen LogP contribution in [0.2, 0.25) is 5.02 Å². The predicted molar refractivity (Wildman–Crippen MR) is 113 cm³/mol. The van der Waals surface area contributed by atoms with Crippen molar-refractivity contribution in [1.29, 1.82) is 0 Å². The SMILES string of the molecule is CCN1CCN(c2ccc(NC(=O)c3cc(OC)cc(OC)c3)cc2Cl)CC1. The van der Waals surface area contributed by atoms with E-state index in [1.807, 2.05) is 12.1 Å². The predicted octanol–water partition coefficient (Wildman–Crippen LogP) is 3.75. The van der Waals surface area contributed by atoms with Crippen LogP contribution in [0, 0.1) is 0 Å². The van der Waals surface area contributed by atoms with Crippen molar-refractivity contribution in [2.75, 3.05) is 57.2 Å². The van der Waals surface area contributed by atoms with E-state index in [0.717, 1.165) is 38.4 Å². The largest absolute Gasteiger partial charge is 0.497 e. The van der Waals surface area contributed by atoms with Crippen molar-refractivity contribution in [3.63, 3.8) is 0 Å². The van der Waals surface area contributed by atoms with Gasteiger partial charge in [0.25, 0.3) is 5.91 Å². The lowest BCUT2D eigenvalue weighted by atomic mass is 10.1. The highest BCUT2D eigenvalue weighted by molar-refractivity contribution is 6.33. The number of carbonyl (C=O) groups excluding carboxylic acids is 1. The molecule has 3 rings (SSSR count). The minimum Gasteiger partial charge on any atom is -0.497 e. The zero-order chi connectivity index (χ0) is 20.1. The van der Waals surface area contributed by atoms with E-state index in [1.165, 1.54) is 0 Å². The van der Waals surface area contributed by atoms with E-state index in [1.54, 1.807) is 38.5 Å². The number of halogens is 1. The number of hydrogen-bond donors (Lipinski definition) is 1. The van der Waals surface area contributed by atoms with E-state index < -0.39 is 0 Å². The van der Waals surface area contributed by atoms with Gasteiger partial charge in [0.2, 0.25) is 0 Å². The van der Waals surface area contributed by atoms with Gasteiger partial charge < -0.3 is 24.6 Å². The molecule has 1 amide bonds. The number of ether oxygens (including phenoxy) is 2. The van der Waals surface area contributed by atoms with Crippen molar-refractivity contribution in [1.82, 2.24) is 4.90 Å². The number of likely N-dealkylation sites (N-methyl/N-ethyl adjacent to an activating group) is 1. The molecule has 0 spiro atoms. The Kier molecular flexibility index (Phi) is 6.65. The molecule has 6 nitrogen and oxygen atoms in total. The molecule has 2 aromatic carbocycles. The van der Waals surface area contributed by atoms with Gasteiger partial charge in [-0.3, -0.25) is 4.79 Å². The lowest BCUT2D eigenvalue weighted by Gasteiger charge is -2.36. The molecular weight excluding hydrogens is 378 g/mol. The molecule has 1 N–H and O–H groups in total. The standard InChI is InChI=1S/C21H26ClN3O3/c1-4-24-7-9-25(10-8-24)20-6-5-16(13-19(20)22)23-21(26)15-11-17(27-2)14-18(12-15)28-3/h5-6,11-14H,4,7-10H2,1-3H3,(H,23,26). The summed E-state index contributed by atoms with van der Waals surface area (Å²) in [4.78, 5) is 17.3. The third-order valence-corrected chi connectivity index (χ3v) is 5.28. The van der Waals surface area contributed by atoms with Gasteiger partial charge in [0.1, 0.15) is 11.5 Å². The Balaban J connectivity index is 1.71. The summed E-state index contributed by atoms with van der Waals surface area (Å²) in [7, 11) is 3.10. The fourth-order valence-corrected chi connectivity index (χ4v) is 3.59. The van der Waals surface area contributed by atoms with Crippen LogP contribution in [-0.2, 0) is 0 Å².